The summed E-state index contributed by atoms with van der Waals surface area (Å²) < 4.78 is 68.9. The highest BCUT2D eigenvalue weighted by Gasteiger charge is 2.47. The lowest BCUT2D eigenvalue weighted by Crippen LogP contribution is -2.40. The number of hydrogen-bond donors (Lipinski definition) is 1. The molecule has 1 fully saturated rings. The third-order valence-electron chi connectivity index (χ3n) is 5.08. The molecule has 0 saturated carbocycles. The summed E-state index contributed by atoms with van der Waals surface area (Å²) in [6.45, 7) is 2.17. The van der Waals surface area contributed by atoms with Crippen molar-refractivity contribution in [2.45, 2.75) is 56.9 Å². The van der Waals surface area contributed by atoms with E-state index in [9.17, 15) is 21.6 Å². The van der Waals surface area contributed by atoms with Crippen molar-refractivity contribution in [3.8, 4) is 0 Å². The van der Waals surface area contributed by atoms with E-state index >= 15 is 0 Å². The summed E-state index contributed by atoms with van der Waals surface area (Å²) in [6, 6.07) is -0.966. The summed E-state index contributed by atoms with van der Waals surface area (Å²) in [4.78, 5) is 0. The first-order chi connectivity index (χ1) is 12.1. The van der Waals surface area contributed by atoms with Crippen molar-refractivity contribution in [1.82, 2.24) is 18.4 Å². The molecule has 2 aliphatic heterocycles. The molecule has 26 heavy (non-hydrogen) atoms. The first-order valence-electron chi connectivity index (χ1n) is 8.67. The Morgan fingerprint density at radius 1 is 1.38 bits per heavy atom. The third kappa shape index (κ3) is 3.31. The second kappa shape index (κ2) is 6.68. The maximum absolute atomic E-state index is 13.5. The van der Waals surface area contributed by atoms with Crippen LogP contribution in [-0.2, 0) is 10.2 Å². The lowest BCUT2D eigenvalue weighted by Gasteiger charge is -2.32. The Morgan fingerprint density at radius 2 is 2.08 bits per heavy atom. The maximum Gasteiger partial charge on any atom is 0.410 e. The summed E-state index contributed by atoms with van der Waals surface area (Å²) in [5.41, 5.74) is 0.362. The van der Waals surface area contributed by atoms with E-state index in [1.807, 2.05) is 6.92 Å². The van der Waals surface area contributed by atoms with Crippen molar-refractivity contribution in [3.05, 3.63) is 11.8 Å². The lowest BCUT2D eigenvalue weighted by atomic mass is 10.0. The van der Waals surface area contributed by atoms with Crippen molar-refractivity contribution in [1.29, 1.82) is 0 Å². The number of rotatable bonds is 4. The van der Waals surface area contributed by atoms with Gasteiger partial charge in [0.25, 0.3) is 10.2 Å². The molecule has 3 heterocycles. The van der Waals surface area contributed by atoms with E-state index in [0.717, 1.165) is 8.99 Å². The molecular formula is C15H24F3N5O2S. The average molecular weight is 395 g/mol. The van der Waals surface area contributed by atoms with Crippen LogP contribution in [0.4, 0.5) is 19.0 Å². The van der Waals surface area contributed by atoms with Gasteiger partial charge in [-0.15, -0.1) is 0 Å². The Labute approximate surface area is 151 Å². The van der Waals surface area contributed by atoms with Gasteiger partial charge >= 0.3 is 6.18 Å². The highest BCUT2D eigenvalue weighted by atomic mass is 32.2. The third-order valence-corrected chi connectivity index (χ3v) is 7.04. The van der Waals surface area contributed by atoms with Crippen LogP contribution in [0, 0.1) is 0 Å². The molecule has 1 aromatic rings. The Bertz CT molecular complexity index is 762. The van der Waals surface area contributed by atoms with E-state index in [4.69, 9.17) is 0 Å². The van der Waals surface area contributed by atoms with Gasteiger partial charge in [-0.05, 0) is 25.7 Å². The molecule has 1 saturated heterocycles. The molecule has 0 bridgehead atoms. The second-order valence-corrected chi connectivity index (χ2v) is 9.10. The molecule has 11 heteroatoms. The minimum atomic E-state index is -4.40. The fourth-order valence-electron chi connectivity index (χ4n) is 3.62. The van der Waals surface area contributed by atoms with E-state index in [1.54, 1.807) is 6.07 Å². The van der Waals surface area contributed by atoms with Gasteiger partial charge < -0.3 is 5.32 Å². The standard InChI is InChI=1S/C15H24F3N5O2S/c1-4-10-8-13(15(16,17)18)23-14(19-10)9-11(20-23)12-6-5-7-22(12)26(24,25)21(2)3/h9-10,12-13,19H,4-8H2,1-3H3. The molecule has 3 atom stereocenters. The summed E-state index contributed by atoms with van der Waals surface area (Å²) in [7, 11) is -0.777. The molecule has 1 aromatic heterocycles. The topological polar surface area (TPSA) is 70.5 Å². The van der Waals surface area contributed by atoms with Crippen molar-refractivity contribution in [2.75, 3.05) is 26.0 Å². The van der Waals surface area contributed by atoms with Gasteiger partial charge in [0, 0.05) is 32.7 Å². The molecule has 0 aliphatic carbocycles. The summed E-state index contributed by atoms with van der Waals surface area (Å²) in [5, 5.41) is 7.27. The maximum atomic E-state index is 13.5. The SMILES string of the molecule is CCC1CC(C(F)(F)F)n2nc(C3CCCN3S(=O)(=O)N(C)C)cc2N1. The van der Waals surface area contributed by atoms with Crippen LogP contribution in [0.5, 0.6) is 0 Å². The highest BCUT2D eigenvalue weighted by molar-refractivity contribution is 7.86. The number of nitrogens with zero attached hydrogens (tertiary/aromatic N) is 4. The summed E-state index contributed by atoms with van der Waals surface area (Å²) in [5.74, 6) is 0.300. The normalized spacial score (nSPS) is 27.6. The number of hydrogen-bond acceptors (Lipinski definition) is 4. The predicted octanol–water partition coefficient (Wildman–Crippen LogP) is 2.52. The fourth-order valence-corrected chi connectivity index (χ4v) is 4.94. The van der Waals surface area contributed by atoms with Crippen LogP contribution in [0.1, 0.15) is 50.4 Å². The van der Waals surface area contributed by atoms with Crippen molar-refractivity contribution in [3.63, 3.8) is 0 Å². The van der Waals surface area contributed by atoms with Gasteiger partial charge in [0.1, 0.15) is 5.82 Å². The zero-order valence-electron chi connectivity index (χ0n) is 15.0. The quantitative estimate of drug-likeness (QED) is 0.851. The number of nitrogens with one attached hydrogen (secondary N) is 1. The van der Waals surface area contributed by atoms with E-state index in [2.05, 4.69) is 10.4 Å². The molecule has 3 unspecified atom stereocenters. The second-order valence-electron chi connectivity index (χ2n) is 7.00. The molecule has 2 aliphatic rings. The van der Waals surface area contributed by atoms with Crippen LogP contribution in [-0.4, -0.2) is 59.7 Å². The largest absolute Gasteiger partial charge is 0.410 e. The molecule has 0 spiro atoms. The minimum Gasteiger partial charge on any atom is -0.367 e. The van der Waals surface area contributed by atoms with Gasteiger partial charge in [-0.3, -0.25) is 0 Å². The molecule has 0 amide bonds. The van der Waals surface area contributed by atoms with Crippen molar-refractivity contribution < 1.29 is 21.6 Å². The van der Waals surface area contributed by atoms with Crippen molar-refractivity contribution >= 4 is 16.0 Å². The van der Waals surface area contributed by atoms with Crippen LogP contribution < -0.4 is 5.32 Å². The minimum absolute atomic E-state index is 0.0848. The number of halogens is 3. The number of anilines is 1. The first-order valence-corrected chi connectivity index (χ1v) is 10.1. The Hall–Kier alpha value is -1.33. The van der Waals surface area contributed by atoms with E-state index in [0.29, 0.717) is 37.3 Å². The number of alkyl halides is 3. The lowest BCUT2D eigenvalue weighted by molar-refractivity contribution is -0.173. The van der Waals surface area contributed by atoms with Gasteiger partial charge in [-0.2, -0.15) is 35.3 Å². The summed E-state index contributed by atoms with van der Waals surface area (Å²) in [6.07, 6.45) is -2.74. The van der Waals surface area contributed by atoms with Gasteiger partial charge in [0.05, 0.1) is 11.7 Å². The fraction of sp³-hybridized carbons (Fsp3) is 0.800. The Morgan fingerprint density at radius 3 is 2.65 bits per heavy atom. The number of fused-ring (bicyclic) bond motifs is 1. The highest BCUT2D eigenvalue weighted by Crippen LogP contribution is 2.42. The van der Waals surface area contributed by atoms with Crippen LogP contribution in [0.15, 0.2) is 6.07 Å². The molecule has 0 radical (unpaired) electrons. The Kier molecular flexibility index (Phi) is 4.99. The van der Waals surface area contributed by atoms with Crippen LogP contribution >= 0.6 is 0 Å². The Balaban J connectivity index is 1.98. The van der Waals surface area contributed by atoms with Crippen LogP contribution in [0.25, 0.3) is 0 Å². The van der Waals surface area contributed by atoms with E-state index < -0.39 is 28.5 Å². The zero-order valence-corrected chi connectivity index (χ0v) is 15.8. The molecule has 0 aromatic carbocycles. The first kappa shape index (κ1) is 19.4. The van der Waals surface area contributed by atoms with Crippen LogP contribution in [0.2, 0.25) is 0 Å². The smallest absolute Gasteiger partial charge is 0.367 e. The zero-order chi connectivity index (χ0) is 19.3. The molecule has 148 valence electrons. The molecular weight excluding hydrogens is 371 g/mol. The van der Waals surface area contributed by atoms with E-state index in [1.165, 1.54) is 18.4 Å². The molecule has 1 N–H and O–H groups in total. The molecule has 3 rings (SSSR count). The molecule has 7 nitrogen and oxygen atoms in total. The van der Waals surface area contributed by atoms with Gasteiger partial charge in [-0.25, -0.2) is 4.68 Å². The van der Waals surface area contributed by atoms with Gasteiger partial charge in [0.15, 0.2) is 6.04 Å². The van der Waals surface area contributed by atoms with Crippen molar-refractivity contribution in [2.24, 2.45) is 0 Å². The van der Waals surface area contributed by atoms with Crippen LogP contribution in [0.3, 0.4) is 0 Å². The van der Waals surface area contributed by atoms with Gasteiger partial charge in [-0.1, -0.05) is 6.92 Å². The average Bonchev–Trinajstić information content (AvgIpc) is 3.18. The number of aromatic nitrogens is 2. The van der Waals surface area contributed by atoms with Gasteiger partial charge in [0.2, 0.25) is 0 Å². The monoisotopic (exact) mass is 395 g/mol. The summed E-state index contributed by atoms with van der Waals surface area (Å²) >= 11 is 0. The van der Waals surface area contributed by atoms with E-state index in [-0.39, 0.29) is 12.5 Å². The predicted molar refractivity (Wildman–Crippen MR) is 90.9 cm³/mol.